The predicted molar refractivity (Wildman–Crippen MR) is 133 cm³/mol. The third-order valence-electron chi connectivity index (χ3n) is 4.94. The molecule has 0 aliphatic rings. The second-order valence-electron chi connectivity index (χ2n) is 7.92. The Labute approximate surface area is 207 Å². The van der Waals surface area contributed by atoms with Crippen molar-refractivity contribution in [3.8, 4) is 0 Å². The molecule has 174 valence electrons. The van der Waals surface area contributed by atoms with Crippen LogP contribution in [0.15, 0.2) is 47.6 Å². The molecular weight excluding hydrogens is 481 g/mol. The first-order valence-corrected chi connectivity index (χ1v) is 12.0. The summed E-state index contributed by atoms with van der Waals surface area (Å²) in [4.78, 5) is 25.2. The van der Waals surface area contributed by atoms with Gasteiger partial charge >= 0.3 is 0 Å². The highest BCUT2D eigenvalue weighted by Crippen LogP contribution is 2.26. The monoisotopic (exact) mass is 505 g/mol. The van der Waals surface area contributed by atoms with Crippen molar-refractivity contribution in [3.63, 3.8) is 0 Å². The van der Waals surface area contributed by atoms with E-state index in [1.165, 1.54) is 17.8 Å². The first-order valence-electron chi connectivity index (χ1n) is 10.3. The summed E-state index contributed by atoms with van der Waals surface area (Å²) < 4.78 is 1.79. The number of hydrogen-bond acceptors (Lipinski definition) is 5. The van der Waals surface area contributed by atoms with Crippen molar-refractivity contribution in [2.45, 2.75) is 32.0 Å². The fraction of sp³-hybridized carbons (Fsp3) is 0.304. The first-order chi connectivity index (χ1) is 15.7. The molecule has 0 aliphatic heterocycles. The number of carbonyl (C=O) groups excluding carboxylic acids is 2. The summed E-state index contributed by atoms with van der Waals surface area (Å²) in [6.45, 7) is 5.94. The van der Waals surface area contributed by atoms with Gasteiger partial charge in [-0.2, -0.15) is 0 Å². The van der Waals surface area contributed by atoms with Crippen LogP contribution in [0.25, 0.3) is 0 Å². The summed E-state index contributed by atoms with van der Waals surface area (Å²) in [6.07, 6.45) is 0. The number of aryl methyl sites for hydroxylation is 1. The molecule has 0 unspecified atom stereocenters. The summed E-state index contributed by atoms with van der Waals surface area (Å²) >= 11 is 13.4. The molecule has 3 aromatic rings. The maximum atomic E-state index is 12.8. The van der Waals surface area contributed by atoms with Crippen LogP contribution in [0.4, 0.5) is 5.69 Å². The highest BCUT2D eigenvalue weighted by Gasteiger charge is 2.26. The van der Waals surface area contributed by atoms with Gasteiger partial charge in [-0.25, -0.2) is 0 Å². The van der Waals surface area contributed by atoms with Crippen molar-refractivity contribution in [1.29, 1.82) is 0 Å². The zero-order chi connectivity index (χ0) is 24.1. The molecule has 2 aromatic carbocycles. The average Bonchev–Trinajstić information content (AvgIpc) is 3.11. The zero-order valence-corrected chi connectivity index (χ0v) is 21.1. The Kier molecular flexibility index (Phi) is 8.40. The third-order valence-corrected chi connectivity index (χ3v) is 6.51. The van der Waals surface area contributed by atoms with E-state index in [2.05, 4.69) is 20.8 Å². The van der Waals surface area contributed by atoms with Crippen molar-refractivity contribution in [1.82, 2.24) is 20.1 Å². The van der Waals surface area contributed by atoms with E-state index in [0.717, 1.165) is 11.3 Å². The number of anilines is 1. The number of hydrogen-bond donors (Lipinski definition) is 2. The van der Waals surface area contributed by atoms with E-state index in [9.17, 15) is 9.59 Å². The van der Waals surface area contributed by atoms with E-state index in [1.54, 1.807) is 16.7 Å². The summed E-state index contributed by atoms with van der Waals surface area (Å²) in [5, 5.41) is 15.7. The molecule has 0 aliphatic carbocycles. The number of aromatic nitrogens is 3. The molecule has 0 radical (unpaired) electrons. The average molecular weight is 506 g/mol. The molecule has 7 nitrogen and oxygen atoms in total. The van der Waals surface area contributed by atoms with Crippen LogP contribution < -0.4 is 10.6 Å². The van der Waals surface area contributed by atoms with E-state index < -0.39 is 6.04 Å². The minimum atomic E-state index is -0.405. The third kappa shape index (κ3) is 6.50. The molecule has 1 atom stereocenters. The van der Waals surface area contributed by atoms with Crippen LogP contribution >= 0.6 is 35.0 Å². The predicted octanol–water partition coefficient (Wildman–Crippen LogP) is 5.29. The molecule has 3 rings (SSSR count). The van der Waals surface area contributed by atoms with Crippen molar-refractivity contribution in [3.05, 3.63) is 69.5 Å². The Hall–Kier alpha value is -2.55. The van der Waals surface area contributed by atoms with Crippen molar-refractivity contribution < 1.29 is 9.59 Å². The second kappa shape index (κ2) is 11.0. The fourth-order valence-corrected chi connectivity index (χ4v) is 4.32. The standard InChI is InChI=1S/C23H25Cl2N5O2S/c1-13(2)20(27-22(32)17-10-7-15(24)11-18(17)25)21-28-29-23(30(21)4)33-12-19(31)26-16-8-5-14(3)6-9-16/h5-11,13,20H,12H2,1-4H3,(H,26,31)(H,27,32)/t20-/m1/s1. The Morgan fingerprint density at radius 3 is 2.42 bits per heavy atom. The van der Waals surface area contributed by atoms with Crippen molar-refractivity contribution >= 4 is 52.5 Å². The highest BCUT2D eigenvalue weighted by atomic mass is 35.5. The van der Waals surface area contributed by atoms with E-state index in [1.807, 2.05) is 52.1 Å². The van der Waals surface area contributed by atoms with Crippen molar-refractivity contribution in [2.75, 3.05) is 11.1 Å². The van der Waals surface area contributed by atoms with Crippen molar-refractivity contribution in [2.24, 2.45) is 13.0 Å². The second-order valence-corrected chi connectivity index (χ2v) is 9.71. The van der Waals surface area contributed by atoms with E-state index in [-0.39, 0.29) is 28.5 Å². The van der Waals surface area contributed by atoms with Gasteiger partial charge in [-0.3, -0.25) is 9.59 Å². The minimum Gasteiger partial charge on any atom is -0.342 e. The van der Waals surface area contributed by atoms with E-state index in [4.69, 9.17) is 23.2 Å². The summed E-state index contributed by atoms with van der Waals surface area (Å²) in [6, 6.07) is 11.9. The molecule has 2 amide bonds. The molecule has 0 bridgehead atoms. The lowest BCUT2D eigenvalue weighted by atomic mass is 10.0. The molecule has 0 saturated heterocycles. The molecule has 0 fully saturated rings. The van der Waals surface area contributed by atoms with Crippen LogP contribution in [0.1, 0.15) is 41.6 Å². The Balaban J connectivity index is 1.67. The lowest BCUT2D eigenvalue weighted by molar-refractivity contribution is -0.113. The van der Waals surface area contributed by atoms with Gasteiger partial charge in [0, 0.05) is 17.8 Å². The molecule has 1 heterocycles. The zero-order valence-electron chi connectivity index (χ0n) is 18.7. The van der Waals surface area contributed by atoms with Gasteiger partial charge in [-0.15, -0.1) is 10.2 Å². The lowest BCUT2D eigenvalue weighted by Crippen LogP contribution is -2.33. The first kappa shape index (κ1) is 25.1. The van der Waals surface area contributed by atoms with Gasteiger partial charge in [0.1, 0.15) is 0 Å². The SMILES string of the molecule is Cc1ccc(NC(=O)CSc2nnc([C@H](NC(=O)c3ccc(Cl)cc3Cl)C(C)C)n2C)cc1. The lowest BCUT2D eigenvalue weighted by Gasteiger charge is -2.22. The van der Waals surface area contributed by atoms with Crippen LogP contribution in [0.5, 0.6) is 0 Å². The van der Waals surface area contributed by atoms with Gasteiger partial charge in [-0.1, -0.05) is 66.5 Å². The Bertz CT molecular complexity index is 1150. The van der Waals surface area contributed by atoms with Gasteiger partial charge in [0.15, 0.2) is 11.0 Å². The molecule has 0 saturated carbocycles. The highest BCUT2D eigenvalue weighted by molar-refractivity contribution is 7.99. The normalized spacial score (nSPS) is 12.0. The number of benzene rings is 2. The van der Waals surface area contributed by atoms with Gasteiger partial charge < -0.3 is 15.2 Å². The molecule has 10 heteroatoms. The minimum absolute atomic E-state index is 0.0330. The number of carbonyl (C=O) groups is 2. The van der Waals surface area contributed by atoms with Gasteiger partial charge in [0.05, 0.1) is 22.4 Å². The summed E-state index contributed by atoms with van der Waals surface area (Å²) in [5.41, 5.74) is 2.20. The molecule has 33 heavy (non-hydrogen) atoms. The quantitative estimate of drug-likeness (QED) is 0.406. The Morgan fingerprint density at radius 1 is 1.09 bits per heavy atom. The number of nitrogens with one attached hydrogen (secondary N) is 2. The number of amides is 2. The van der Waals surface area contributed by atoms with Crippen LogP contribution in [-0.2, 0) is 11.8 Å². The number of nitrogens with zero attached hydrogens (tertiary/aromatic N) is 3. The summed E-state index contributed by atoms with van der Waals surface area (Å²) in [7, 11) is 1.81. The molecule has 1 aromatic heterocycles. The van der Waals surface area contributed by atoms with Gasteiger partial charge in [-0.05, 0) is 43.2 Å². The van der Waals surface area contributed by atoms with Gasteiger partial charge in [0.25, 0.3) is 5.91 Å². The van der Waals surface area contributed by atoms with E-state index >= 15 is 0 Å². The molecular formula is C23H25Cl2N5O2S. The van der Waals surface area contributed by atoms with Crippen LogP contribution in [-0.4, -0.2) is 32.3 Å². The maximum absolute atomic E-state index is 12.8. The van der Waals surface area contributed by atoms with Gasteiger partial charge in [0.2, 0.25) is 5.91 Å². The molecule has 0 spiro atoms. The van der Waals surface area contributed by atoms with E-state index in [0.29, 0.717) is 21.6 Å². The van der Waals surface area contributed by atoms with Crippen LogP contribution in [0, 0.1) is 12.8 Å². The largest absolute Gasteiger partial charge is 0.342 e. The molecule has 2 N–H and O–H groups in total. The summed E-state index contributed by atoms with van der Waals surface area (Å²) in [5.74, 6) is 0.332. The fourth-order valence-electron chi connectivity index (χ4n) is 3.11. The number of halogens is 2. The van der Waals surface area contributed by atoms with Crippen LogP contribution in [0.2, 0.25) is 10.0 Å². The number of rotatable bonds is 8. The topological polar surface area (TPSA) is 88.9 Å². The maximum Gasteiger partial charge on any atom is 0.253 e. The van der Waals surface area contributed by atoms with Crippen LogP contribution in [0.3, 0.4) is 0 Å². The number of thioether (sulfide) groups is 1. The smallest absolute Gasteiger partial charge is 0.253 e. The Morgan fingerprint density at radius 2 is 1.79 bits per heavy atom.